The van der Waals surface area contributed by atoms with Crippen LogP contribution in [0.2, 0.25) is 0 Å². The molecule has 0 amide bonds. The first kappa shape index (κ1) is 10.4. The highest BCUT2D eigenvalue weighted by molar-refractivity contribution is 4.90. The summed E-state index contributed by atoms with van der Waals surface area (Å²) in [7, 11) is 4.41. The highest BCUT2D eigenvalue weighted by Crippen LogP contribution is 2.34. The fourth-order valence-electron chi connectivity index (χ4n) is 2.40. The average molecular weight is 197 g/mol. The van der Waals surface area contributed by atoms with Gasteiger partial charge in [-0.05, 0) is 26.4 Å². The van der Waals surface area contributed by atoms with Crippen LogP contribution >= 0.6 is 0 Å². The number of hydrogen-bond donors (Lipinski definition) is 1. The summed E-state index contributed by atoms with van der Waals surface area (Å²) < 4.78 is 0. The third-order valence-corrected chi connectivity index (χ3v) is 3.70. The molecule has 1 saturated carbocycles. The lowest BCUT2D eigenvalue weighted by Crippen LogP contribution is -2.57. The number of nitrogens with zero attached hydrogens (tertiary/aromatic N) is 2. The van der Waals surface area contributed by atoms with Crippen molar-refractivity contribution < 1.29 is 0 Å². The topological polar surface area (TPSA) is 32.5 Å². The lowest BCUT2D eigenvalue weighted by atomic mass is 9.99. The van der Waals surface area contributed by atoms with Gasteiger partial charge in [0.2, 0.25) is 0 Å². The number of nitrogens with two attached hydrogens (primary N) is 1. The zero-order valence-corrected chi connectivity index (χ0v) is 9.45. The summed E-state index contributed by atoms with van der Waals surface area (Å²) in [5.41, 5.74) is 6.27. The van der Waals surface area contributed by atoms with Gasteiger partial charge in [0, 0.05) is 31.7 Å². The van der Waals surface area contributed by atoms with E-state index in [2.05, 4.69) is 23.9 Å². The number of rotatable bonds is 3. The number of hydrogen-bond acceptors (Lipinski definition) is 3. The highest BCUT2D eigenvalue weighted by Gasteiger charge is 2.32. The Morgan fingerprint density at radius 3 is 2.64 bits per heavy atom. The van der Waals surface area contributed by atoms with E-state index in [9.17, 15) is 0 Å². The van der Waals surface area contributed by atoms with E-state index in [0.717, 1.165) is 12.5 Å². The van der Waals surface area contributed by atoms with Gasteiger partial charge in [0.05, 0.1) is 0 Å². The second-order valence-corrected chi connectivity index (χ2v) is 5.15. The molecule has 2 atom stereocenters. The van der Waals surface area contributed by atoms with E-state index in [1.165, 1.54) is 32.4 Å². The van der Waals surface area contributed by atoms with Gasteiger partial charge < -0.3 is 10.6 Å². The largest absolute Gasteiger partial charge is 0.326 e. The quantitative estimate of drug-likeness (QED) is 0.709. The molecule has 2 unspecified atom stereocenters. The number of likely N-dealkylation sites (N-methyl/N-ethyl adjacent to an activating group) is 2. The van der Waals surface area contributed by atoms with Crippen molar-refractivity contribution in [2.24, 2.45) is 11.7 Å². The molecule has 14 heavy (non-hydrogen) atoms. The summed E-state index contributed by atoms with van der Waals surface area (Å²) in [4.78, 5) is 4.84. The normalized spacial score (nSPS) is 33.2. The van der Waals surface area contributed by atoms with Gasteiger partial charge in [0.25, 0.3) is 0 Å². The van der Waals surface area contributed by atoms with Crippen molar-refractivity contribution in [2.45, 2.75) is 31.3 Å². The van der Waals surface area contributed by atoms with Crippen molar-refractivity contribution >= 4 is 0 Å². The Morgan fingerprint density at radius 1 is 1.29 bits per heavy atom. The molecule has 0 aromatic rings. The molecule has 3 heteroatoms. The summed E-state index contributed by atoms with van der Waals surface area (Å²) in [6.07, 6.45) is 4.07. The van der Waals surface area contributed by atoms with E-state index in [4.69, 9.17) is 5.73 Å². The van der Waals surface area contributed by atoms with Crippen LogP contribution in [0.15, 0.2) is 0 Å². The molecule has 0 aromatic heterocycles. The fraction of sp³-hybridized carbons (Fsp3) is 1.00. The first-order valence-corrected chi connectivity index (χ1v) is 5.81. The van der Waals surface area contributed by atoms with Gasteiger partial charge in [-0.1, -0.05) is 12.8 Å². The minimum absolute atomic E-state index is 0.384. The molecule has 1 saturated heterocycles. The Kier molecular flexibility index (Phi) is 3.10. The van der Waals surface area contributed by atoms with Crippen LogP contribution in [0, 0.1) is 5.92 Å². The van der Waals surface area contributed by atoms with Crippen molar-refractivity contribution in [2.75, 3.05) is 33.7 Å². The van der Waals surface area contributed by atoms with Gasteiger partial charge in [0.15, 0.2) is 0 Å². The molecule has 0 aromatic carbocycles. The minimum Gasteiger partial charge on any atom is -0.326 e. The van der Waals surface area contributed by atoms with Crippen LogP contribution in [0.4, 0.5) is 0 Å². The molecule has 0 radical (unpaired) electrons. The smallest absolute Gasteiger partial charge is 0.0371 e. The van der Waals surface area contributed by atoms with Crippen molar-refractivity contribution in [3.8, 4) is 0 Å². The standard InChI is InChI=1S/C11H23N3/c1-13-5-6-14(2)11(8-13)10(12)7-9-3-4-9/h9-11H,3-8,12H2,1-2H3. The van der Waals surface area contributed by atoms with Crippen LogP contribution in [0.25, 0.3) is 0 Å². The second kappa shape index (κ2) is 4.17. The third-order valence-electron chi connectivity index (χ3n) is 3.70. The maximum Gasteiger partial charge on any atom is 0.0371 e. The zero-order chi connectivity index (χ0) is 10.1. The van der Waals surface area contributed by atoms with E-state index in [0.29, 0.717) is 12.1 Å². The van der Waals surface area contributed by atoms with Crippen LogP contribution in [-0.4, -0.2) is 55.6 Å². The lowest BCUT2D eigenvalue weighted by Gasteiger charge is -2.40. The van der Waals surface area contributed by atoms with Gasteiger partial charge >= 0.3 is 0 Å². The predicted molar refractivity (Wildman–Crippen MR) is 59.2 cm³/mol. The first-order chi connectivity index (χ1) is 6.66. The van der Waals surface area contributed by atoms with Gasteiger partial charge in [-0.15, -0.1) is 0 Å². The molecule has 0 bridgehead atoms. The van der Waals surface area contributed by atoms with Crippen molar-refractivity contribution in [3.63, 3.8) is 0 Å². The minimum atomic E-state index is 0.384. The van der Waals surface area contributed by atoms with E-state index < -0.39 is 0 Å². The van der Waals surface area contributed by atoms with Gasteiger partial charge in [0.1, 0.15) is 0 Å². The molecule has 2 fully saturated rings. The Hall–Kier alpha value is -0.120. The molecule has 2 rings (SSSR count). The molecule has 1 aliphatic heterocycles. The van der Waals surface area contributed by atoms with Gasteiger partial charge in [-0.25, -0.2) is 0 Å². The Labute approximate surface area is 87.2 Å². The van der Waals surface area contributed by atoms with Crippen LogP contribution < -0.4 is 5.73 Å². The molecule has 1 aliphatic carbocycles. The van der Waals surface area contributed by atoms with E-state index in [-0.39, 0.29) is 0 Å². The number of piperazine rings is 1. The van der Waals surface area contributed by atoms with Crippen LogP contribution in [0.1, 0.15) is 19.3 Å². The van der Waals surface area contributed by atoms with E-state index >= 15 is 0 Å². The van der Waals surface area contributed by atoms with E-state index in [1.807, 2.05) is 0 Å². The Balaban J connectivity index is 1.85. The predicted octanol–water partition coefficient (Wildman–Crippen LogP) is 0.360. The van der Waals surface area contributed by atoms with Crippen molar-refractivity contribution in [3.05, 3.63) is 0 Å². The molecule has 82 valence electrons. The van der Waals surface area contributed by atoms with Crippen molar-refractivity contribution in [1.82, 2.24) is 9.80 Å². The maximum absolute atomic E-state index is 6.27. The summed E-state index contributed by atoms with van der Waals surface area (Å²) in [6, 6.07) is 0.963. The second-order valence-electron chi connectivity index (χ2n) is 5.15. The van der Waals surface area contributed by atoms with Gasteiger partial charge in [-0.2, -0.15) is 0 Å². The summed E-state index contributed by atoms with van der Waals surface area (Å²) in [6.45, 7) is 3.49. The molecule has 3 nitrogen and oxygen atoms in total. The SMILES string of the molecule is CN1CCN(C)C(C(N)CC2CC2)C1. The van der Waals surface area contributed by atoms with Crippen LogP contribution in [0.5, 0.6) is 0 Å². The van der Waals surface area contributed by atoms with Crippen LogP contribution in [0.3, 0.4) is 0 Å². The molecular weight excluding hydrogens is 174 g/mol. The Bertz CT molecular complexity index is 191. The molecule has 0 spiro atoms. The molecular formula is C11H23N3. The zero-order valence-electron chi connectivity index (χ0n) is 9.45. The van der Waals surface area contributed by atoms with Crippen molar-refractivity contribution in [1.29, 1.82) is 0 Å². The Morgan fingerprint density at radius 2 is 2.00 bits per heavy atom. The highest BCUT2D eigenvalue weighted by atomic mass is 15.3. The summed E-state index contributed by atoms with van der Waals surface area (Å²) in [5.74, 6) is 0.950. The fourth-order valence-corrected chi connectivity index (χ4v) is 2.40. The monoisotopic (exact) mass is 197 g/mol. The molecule has 2 aliphatic rings. The average Bonchev–Trinajstić information content (AvgIpc) is 2.93. The summed E-state index contributed by atoms with van der Waals surface area (Å²) in [5, 5.41) is 0. The molecule has 2 N–H and O–H groups in total. The maximum atomic E-state index is 6.27. The third kappa shape index (κ3) is 2.47. The lowest BCUT2D eigenvalue weighted by molar-refractivity contribution is 0.0940. The van der Waals surface area contributed by atoms with E-state index in [1.54, 1.807) is 0 Å². The first-order valence-electron chi connectivity index (χ1n) is 5.81. The molecule has 1 heterocycles. The summed E-state index contributed by atoms with van der Waals surface area (Å²) >= 11 is 0. The van der Waals surface area contributed by atoms with Crippen LogP contribution in [-0.2, 0) is 0 Å². The van der Waals surface area contributed by atoms with Gasteiger partial charge in [-0.3, -0.25) is 4.90 Å².